The largest absolute Gasteiger partial charge is 1.00 e. The van der Waals surface area contributed by atoms with Crippen molar-refractivity contribution in [3.63, 3.8) is 0 Å². The average molecular weight is 302 g/mol. The number of imidazole rings is 1. The molecule has 3 aromatic rings. The lowest BCUT2D eigenvalue weighted by Crippen LogP contribution is -3.00. The maximum atomic E-state index is 2.25. The minimum Gasteiger partial charge on any atom is -1.00 e. The van der Waals surface area contributed by atoms with Crippen molar-refractivity contribution in [2.75, 3.05) is 19.0 Å². The van der Waals surface area contributed by atoms with Crippen LogP contribution in [0.3, 0.4) is 0 Å². The molecule has 0 aliphatic heterocycles. The minimum atomic E-state index is 0. The number of aromatic nitrogens is 2. The third-order valence-corrected chi connectivity index (χ3v) is 3.88. The van der Waals surface area contributed by atoms with Crippen LogP contribution in [0.1, 0.15) is 0 Å². The highest BCUT2D eigenvalue weighted by molar-refractivity contribution is 5.76. The van der Waals surface area contributed by atoms with Crippen LogP contribution in [0.2, 0.25) is 0 Å². The first-order valence-corrected chi connectivity index (χ1v) is 6.81. The molecule has 1 heterocycles. The van der Waals surface area contributed by atoms with Crippen LogP contribution in [0.25, 0.3) is 22.4 Å². The molecule has 0 saturated carbocycles. The first-order chi connectivity index (χ1) is 9.59. The molecule has 0 unspecified atom stereocenters. The SMILES string of the molecule is CN(C)c1ccc(-c2n(C)c3ccccc3[n+]2C)cc1.[Cl-]. The van der Waals surface area contributed by atoms with Crippen molar-refractivity contribution in [1.82, 2.24) is 4.57 Å². The molecule has 2 aromatic carbocycles. The maximum Gasteiger partial charge on any atom is 0.289 e. The fourth-order valence-corrected chi connectivity index (χ4v) is 2.78. The number of fused-ring (bicyclic) bond motifs is 1. The molecule has 0 radical (unpaired) electrons. The zero-order chi connectivity index (χ0) is 14.3. The van der Waals surface area contributed by atoms with Crippen molar-refractivity contribution < 1.29 is 17.0 Å². The van der Waals surface area contributed by atoms with Crippen molar-refractivity contribution in [2.45, 2.75) is 0 Å². The summed E-state index contributed by atoms with van der Waals surface area (Å²) in [7, 11) is 8.37. The van der Waals surface area contributed by atoms with Crippen LogP contribution in [0.15, 0.2) is 48.5 Å². The molecular formula is C17H20ClN3. The van der Waals surface area contributed by atoms with Crippen LogP contribution in [0, 0.1) is 0 Å². The Labute approximate surface area is 131 Å². The standard InChI is InChI=1S/C17H20N3.ClH/c1-18(2)14-11-9-13(10-12-14)17-19(3)15-7-5-6-8-16(15)20(17)4;/h5-12H,1-4H3;1H/q+1;/p-1. The molecule has 0 saturated heterocycles. The van der Waals surface area contributed by atoms with Gasteiger partial charge in [0, 0.05) is 19.8 Å². The molecule has 1 aromatic heterocycles. The molecule has 0 amide bonds. The van der Waals surface area contributed by atoms with Gasteiger partial charge in [0.05, 0.1) is 19.7 Å². The van der Waals surface area contributed by atoms with Gasteiger partial charge >= 0.3 is 0 Å². The minimum absolute atomic E-state index is 0. The molecule has 4 heteroatoms. The summed E-state index contributed by atoms with van der Waals surface area (Å²) >= 11 is 0. The van der Waals surface area contributed by atoms with Gasteiger partial charge in [0.25, 0.3) is 5.82 Å². The van der Waals surface area contributed by atoms with Crippen molar-refractivity contribution in [2.24, 2.45) is 14.1 Å². The van der Waals surface area contributed by atoms with Gasteiger partial charge in [-0.05, 0) is 36.4 Å². The summed E-state index contributed by atoms with van der Waals surface area (Å²) in [5, 5.41) is 0. The molecule has 110 valence electrons. The van der Waals surface area contributed by atoms with Gasteiger partial charge in [-0.3, -0.25) is 0 Å². The second-order valence-electron chi connectivity index (χ2n) is 5.37. The Morgan fingerprint density at radius 3 is 2.14 bits per heavy atom. The molecule has 0 bridgehead atoms. The summed E-state index contributed by atoms with van der Waals surface area (Å²) in [6, 6.07) is 17.2. The highest BCUT2D eigenvalue weighted by Crippen LogP contribution is 2.23. The fourth-order valence-electron chi connectivity index (χ4n) is 2.78. The Bertz CT molecular complexity index is 719. The molecule has 3 rings (SSSR count). The summed E-state index contributed by atoms with van der Waals surface area (Å²) in [4.78, 5) is 2.12. The number of anilines is 1. The second kappa shape index (κ2) is 5.78. The van der Waals surface area contributed by atoms with Gasteiger partial charge in [0.2, 0.25) is 0 Å². The van der Waals surface area contributed by atoms with Crippen LogP contribution in [0.5, 0.6) is 0 Å². The zero-order valence-electron chi connectivity index (χ0n) is 12.8. The van der Waals surface area contributed by atoms with Gasteiger partial charge in [-0.2, -0.15) is 0 Å². The van der Waals surface area contributed by atoms with E-state index in [1.807, 2.05) is 0 Å². The van der Waals surface area contributed by atoms with E-state index in [4.69, 9.17) is 0 Å². The zero-order valence-corrected chi connectivity index (χ0v) is 13.6. The lowest BCUT2D eigenvalue weighted by atomic mass is 10.2. The van der Waals surface area contributed by atoms with Crippen LogP contribution in [0.4, 0.5) is 5.69 Å². The Balaban J connectivity index is 0.00000161. The van der Waals surface area contributed by atoms with Crippen LogP contribution >= 0.6 is 0 Å². The molecule has 21 heavy (non-hydrogen) atoms. The van der Waals surface area contributed by atoms with E-state index in [-0.39, 0.29) is 12.4 Å². The van der Waals surface area contributed by atoms with Crippen LogP contribution in [-0.2, 0) is 14.1 Å². The molecule has 0 atom stereocenters. The van der Waals surface area contributed by atoms with Crippen molar-refractivity contribution in [3.05, 3.63) is 48.5 Å². The average Bonchev–Trinajstić information content (AvgIpc) is 2.72. The Kier molecular flexibility index (Phi) is 4.24. The van der Waals surface area contributed by atoms with Gasteiger partial charge in [0.15, 0.2) is 11.0 Å². The normalized spacial score (nSPS) is 10.5. The van der Waals surface area contributed by atoms with Crippen LogP contribution < -0.4 is 21.9 Å². The summed E-state index contributed by atoms with van der Waals surface area (Å²) in [6.07, 6.45) is 0. The van der Waals surface area contributed by atoms with E-state index in [0.29, 0.717) is 0 Å². The number of benzene rings is 2. The number of halogens is 1. The number of hydrogen-bond donors (Lipinski definition) is 0. The molecular weight excluding hydrogens is 282 g/mol. The van der Waals surface area contributed by atoms with E-state index in [2.05, 4.69) is 90.8 Å². The van der Waals surface area contributed by atoms with Crippen molar-refractivity contribution >= 4 is 16.7 Å². The van der Waals surface area contributed by atoms with Gasteiger partial charge in [-0.25, -0.2) is 9.13 Å². The van der Waals surface area contributed by atoms with Crippen LogP contribution in [-0.4, -0.2) is 18.7 Å². The molecule has 0 aliphatic rings. The summed E-state index contributed by atoms with van der Waals surface area (Å²) in [5.41, 5.74) is 4.95. The molecule has 0 N–H and O–H groups in total. The van der Waals surface area contributed by atoms with E-state index in [9.17, 15) is 0 Å². The fraction of sp³-hybridized carbons (Fsp3) is 0.235. The molecule has 0 aliphatic carbocycles. The topological polar surface area (TPSA) is 12.1 Å². The predicted octanol–water partition coefficient (Wildman–Crippen LogP) is -0.260. The number of para-hydroxylation sites is 2. The van der Waals surface area contributed by atoms with Gasteiger partial charge in [-0.1, -0.05) is 12.1 Å². The Morgan fingerprint density at radius 1 is 0.952 bits per heavy atom. The Morgan fingerprint density at radius 2 is 1.57 bits per heavy atom. The quantitative estimate of drug-likeness (QED) is 0.594. The highest BCUT2D eigenvalue weighted by atomic mass is 35.5. The lowest BCUT2D eigenvalue weighted by Gasteiger charge is -2.12. The summed E-state index contributed by atoms with van der Waals surface area (Å²) < 4.78 is 4.50. The van der Waals surface area contributed by atoms with E-state index in [1.54, 1.807) is 0 Å². The van der Waals surface area contributed by atoms with E-state index in [1.165, 1.54) is 28.1 Å². The molecule has 3 nitrogen and oxygen atoms in total. The monoisotopic (exact) mass is 301 g/mol. The van der Waals surface area contributed by atoms with Crippen molar-refractivity contribution in [1.29, 1.82) is 0 Å². The summed E-state index contributed by atoms with van der Waals surface area (Å²) in [6.45, 7) is 0. The maximum absolute atomic E-state index is 2.25. The smallest absolute Gasteiger partial charge is 0.289 e. The first kappa shape index (κ1) is 15.4. The lowest BCUT2D eigenvalue weighted by molar-refractivity contribution is -0.634. The molecule has 0 spiro atoms. The number of rotatable bonds is 2. The third-order valence-electron chi connectivity index (χ3n) is 3.88. The van der Waals surface area contributed by atoms with E-state index >= 15 is 0 Å². The van der Waals surface area contributed by atoms with E-state index < -0.39 is 0 Å². The predicted molar refractivity (Wildman–Crippen MR) is 83.9 cm³/mol. The van der Waals surface area contributed by atoms with Crippen molar-refractivity contribution in [3.8, 4) is 11.4 Å². The summed E-state index contributed by atoms with van der Waals surface area (Å²) in [5.74, 6) is 1.22. The first-order valence-electron chi connectivity index (χ1n) is 6.81. The van der Waals surface area contributed by atoms with Gasteiger partial charge in [0.1, 0.15) is 0 Å². The van der Waals surface area contributed by atoms with E-state index in [0.717, 1.165) is 0 Å². The number of hydrogen-bond acceptors (Lipinski definition) is 1. The molecule has 0 fully saturated rings. The Hall–Kier alpha value is -2.00. The third kappa shape index (κ3) is 2.49. The number of nitrogens with zero attached hydrogens (tertiary/aromatic N) is 3. The number of aryl methyl sites for hydroxylation is 2. The highest BCUT2D eigenvalue weighted by Gasteiger charge is 2.20. The van der Waals surface area contributed by atoms with Gasteiger partial charge in [-0.15, -0.1) is 0 Å². The van der Waals surface area contributed by atoms with Gasteiger partial charge < -0.3 is 17.3 Å². The second-order valence-corrected chi connectivity index (χ2v) is 5.37.